The summed E-state index contributed by atoms with van der Waals surface area (Å²) in [6.07, 6.45) is 17.0. The van der Waals surface area contributed by atoms with Crippen LogP contribution >= 0.6 is 12.4 Å². The number of hydrogen-bond acceptors (Lipinski definition) is 1. The zero-order valence-electron chi connectivity index (χ0n) is 18.4. The van der Waals surface area contributed by atoms with Crippen LogP contribution in [0.4, 0.5) is 0 Å². The molecule has 0 aromatic heterocycles. The molecule has 2 heteroatoms. The molecular formula is C25H46ClN. The Hall–Kier alpha value is -0.530. The van der Waals surface area contributed by atoms with Gasteiger partial charge in [-0.1, -0.05) is 115 Å². The van der Waals surface area contributed by atoms with Gasteiger partial charge in [-0.05, 0) is 37.4 Å². The number of benzene rings is 1. The highest BCUT2D eigenvalue weighted by atomic mass is 35.5. The molecule has 1 rings (SSSR count). The molecule has 0 aliphatic rings. The second-order valence-corrected chi connectivity index (χ2v) is 8.01. The van der Waals surface area contributed by atoms with Crippen LogP contribution in [0, 0.1) is 5.92 Å². The van der Waals surface area contributed by atoms with Crippen molar-refractivity contribution in [2.24, 2.45) is 5.92 Å². The molecule has 1 nitrogen and oxygen atoms in total. The summed E-state index contributed by atoms with van der Waals surface area (Å²) < 4.78 is 0. The van der Waals surface area contributed by atoms with E-state index in [1.54, 1.807) is 0 Å². The van der Waals surface area contributed by atoms with Gasteiger partial charge in [0.1, 0.15) is 0 Å². The van der Waals surface area contributed by atoms with E-state index in [1.807, 2.05) is 0 Å². The molecule has 0 saturated heterocycles. The van der Waals surface area contributed by atoms with Crippen molar-refractivity contribution < 1.29 is 0 Å². The summed E-state index contributed by atoms with van der Waals surface area (Å²) in [4.78, 5) is 2.60. The molecule has 1 aromatic rings. The van der Waals surface area contributed by atoms with Gasteiger partial charge < -0.3 is 4.90 Å². The first-order chi connectivity index (χ1) is 12.8. The van der Waals surface area contributed by atoms with E-state index in [0.717, 1.165) is 5.92 Å². The zero-order valence-corrected chi connectivity index (χ0v) is 19.2. The molecule has 0 aliphatic heterocycles. The molecule has 0 aliphatic carbocycles. The van der Waals surface area contributed by atoms with Gasteiger partial charge in [-0.15, -0.1) is 12.4 Å². The highest BCUT2D eigenvalue weighted by Gasteiger charge is 2.13. The average molecular weight is 396 g/mol. The van der Waals surface area contributed by atoms with Gasteiger partial charge in [-0.3, -0.25) is 0 Å². The van der Waals surface area contributed by atoms with Gasteiger partial charge in [-0.2, -0.15) is 0 Å². The molecule has 0 amide bonds. The van der Waals surface area contributed by atoms with Crippen molar-refractivity contribution in [2.75, 3.05) is 19.6 Å². The van der Waals surface area contributed by atoms with Crippen molar-refractivity contribution in [3.63, 3.8) is 0 Å². The lowest BCUT2D eigenvalue weighted by Gasteiger charge is -2.25. The van der Waals surface area contributed by atoms with Crippen LogP contribution in [-0.4, -0.2) is 24.5 Å². The van der Waals surface area contributed by atoms with E-state index in [9.17, 15) is 0 Å². The maximum absolute atomic E-state index is 2.60. The van der Waals surface area contributed by atoms with Crippen LogP contribution in [-0.2, 0) is 6.42 Å². The van der Waals surface area contributed by atoms with Crippen LogP contribution in [0.1, 0.15) is 97.0 Å². The Labute approximate surface area is 176 Å². The van der Waals surface area contributed by atoms with Crippen LogP contribution in [0.25, 0.3) is 0 Å². The summed E-state index contributed by atoms with van der Waals surface area (Å²) in [5, 5.41) is 0. The fourth-order valence-electron chi connectivity index (χ4n) is 3.97. The van der Waals surface area contributed by atoms with Crippen molar-refractivity contribution in [3.05, 3.63) is 35.9 Å². The van der Waals surface area contributed by atoms with Gasteiger partial charge in [0.05, 0.1) is 0 Å². The summed E-state index contributed by atoms with van der Waals surface area (Å²) in [6, 6.07) is 11.1. The predicted molar refractivity (Wildman–Crippen MR) is 125 cm³/mol. The Balaban J connectivity index is 0.00000676. The Bertz CT molecular complexity index is 402. The molecule has 158 valence electrons. The topological polar surface area (TPSA) is 3.24 Å². The summed E-state index contributed by atoms with van der Waals surface area (Å²) in [7, 11) is 0. The number of nitrogens with zero attached hydrogens (tertiary/aromatic N) is 1. The smallest absolute Gasteiger partial charge is 0.00126 e. The Kier molecular flexibility index (Phi) is 18.4. The Morgan fingerprint density at radius 1 is 0.704 bits per heavy atom. The fraction of sp³-hybridized carbons (Fsp3) is 0.760. The highest BCUT2D eigenvalue weighted by Crippen LogP contribution is 2.19. The quantitative estimate of drug-likeness (QED) is 0.242. The normalized spacial score (nSPS) is 12.1. The molecular weight excluding hydrogens is 350 g/mol. The van der Waals surface area contributed by atoms with Crippen LogP contribution in [0.15, 0.2) is 30.3 Å². The summed E-state index contributed by atoms with van der Waals surface area (Å²) >= 11 is 0. The van der Waals surface area contributed by atoms with Crippen LogP contribution < -0.4 is 0 Å². The molecule has 0 fully saturated rings. The zero-order chi connectivity index (χ0) is 18.9. The maximum Gasteiger partial charge on any atom is 0.00126 e. The number of rotatable bonds is 17. The van der Waals surface area contributed by atoms with Crippen molar-refractivity contribution >= 4 is 12.4 Å². The maximum atomic E-state index is 2.60. The van der Waals surface area contributed by atoms with Gasteiger partial charge in [0, 0.05) is 6.54 Å². The number of hydrogen-bond donors (Lipinski definition) is 0. The lowest BCUT2D eigenvalue weighted by Crippen LogP contribution is -2.30. The largest absolute Gasteiger partial charge is 0.304 e. The third kappa shape index (κ3) is 14.2. The lowest BCUT2D eigenvalue weighted by atomic mass is 9.92. The minimum atomic E-state index is 0. The van der Waals surface area contributed by atoms with E-state index in [0.29, 0.717) is 0 Å². The minimum Gasteiger partial charge on any atom is -0.304 e. The fourth-order valence-corrected chi connectivity index (χ4v) is 3.97. The summed E-state index contributed by atoms with van der Waals surface area (Å²) in [5.74, 6) is 0.811. The van der Waals surface area contributed by atoms with Crippen molar-refractivity contribution in [2.45, 2.75) is 97.8 Å². The first-order valence-electron chi connectivity index (χ1n) is 11.6. The van der Waals surface area contributed by atoms with Gasteiger partial charge in [0.25, 0.3) is 0 Å². The second kappa shape index (κ2) is 18.8. The third-order valence-corrected chi connectivity index (χ3v) is 5.74. The molecule has 0 N–H and O–H groups in total. The molecule has 0 heterocycles. The monoisotopic (exact) mass is 395 g/mol. The van der Waals surface area contributed by atoms with E-state index < -0.39 is 0 Å². The molecule has 1 aromatic carbocycles. The standard InChI is InChI=1S/C25H45N.ClH/c1-4-7-8-9-10-11-12-13-14-16-21-25(23-26(5-2)6-3)22-24-19-17-15-18-20-24;/h15,17-20,25H,4-14,16,21-23H2,1-3H3;1H. The van der Waals surface area contributed by atoms with E-state index in [1.165, 1.54) is 102 Å². The van der Waals surface area contributed by atoms with Crippen LogP contribution in [0.3, 0.4) is 0 Å². The lowest BCUT2D eigenvalue weighted by molar-refractivity contribution is 0.240. The van der Waals surface area contributed by atoms with Gasteiger partial charge in [-0.25, -0.2) is 0 Å². The van der Waals surface area contributed by atoms with E-state index in [2.05, 4.69) is 56.0 Å². The molecule has 0 spiro atoms. The summed E-state index contributed by atoms with van der Waals surface area (Å²) in [5.41, 5.74) is 1.51. The third-order valence-electron chi connectivity index (χ3n) is 5.74. The van der Waals surface area contributed by atoms with Gasteiger partial charge in [0.15, 0.2) is 0 Å². The van der Waals surface area contributed by atoms with Gasteiger partial charge >= 0.3 is 0 Å². The van der Waals surface area contributed by atoms with Crippen LogP contribution in [0.5, 0.6) is 0 Å². The highest BCUT2D eigenvalue weighted by molar-refractivity contribution is 5.85. The van der Waals surface area contributed by atoms with Gasteiger partial charge in [0.2, 0.25) is 0 Å². The Morgan fingerprint density at radius 2 is 1.22 bits per heavy atom. The van der Waals surface area contributed by atoms with Crippen molar-refractivity contribution in [1.29, 1.82) is 0 Å². The van der Waals surface area contributed by atoms with E-state index in [-0.39, 0.29) is 12.4 Å². The first kappa shape index (κ1) is 26.5. The van der Waals surface area contributed by atoms with E-state index >= 15 is 0 Å². The average Bonchev–Trinajstić information content (AvgIpc) is 2.68. The van der Waals surface area contributed by atoms with Crippen molar-refractivity contribution in [3.8, 4) is 0 Å². The SMILES string of the molecule is CCCCCCCCCCCCC(Cc1ccccc1)CN(CC)CC.Cl. The minimum absolute atomic E-state index is 0. The summed E-state index contributed by atoms with van der Waals surface area (Å²) in [6.45, 7) is 10.5. The van der Waals surface area contributed by atoms with Crippen molar-refractivity contribution in [1.82, 2.24) is 4.90 Å². The molecule has 1 unspecified atom stereocenters. The molecule has 0 bridgehead atoms. The molecule has 27 heavy (non-hydrogen) atoms. The molecule has 0 saturated carbocycles. The molecule has 0 radical (unpaired) electrons. The second-order valence-electron chi connectivity index (χ2n) is 8.01. The molecule has 1 atom stereocenters. The van der Waals surface area contributed by atoms with Crippen LogP contribution in [0.2, 0.25) is 0 Å². The first-order valence-corrected chi connectivity index (χ1v) is 11.6. The Morgan fingerprint density at radius 3 is 1.74 bits per heavy atom. The number of halogens is 1. The van der Waals surface area contributed by atoms with E-state index in [4.69, 9.17) is 0 Å². The predicted octanol–water partition coefficient (Wildman–Crippen LogP) is 7.92. The number of unbranched alkanes of at least 4 members (excludes halogenated alkanes) is 9.